The molecule has 0 aliphatic carbocycles. The predicted molar refractivity (Wildman–Crippen MR) is 83.7 cm³/mol. The van der Waals surface area contributed by atoms with E-state index in [2.05, 4.69) is 19.9 Å². The summed E-state index contributed by atoms with van der Waals surface area (Å²) in [6.07, 6.45) is 2.68. The number of carbonyl (C=O) groups is 2. The highest BCUT2D eigenvalue weighted by Gasteiger charge is 2.32. The summed E-state index contributed by atoms with van der Waals surface area (Å²) in [6, 6.07) is 0. The van der Waals surface area contributed by atoms with E-state index >= 15 is 0 Å². The van der Waals surface area contributed by atoms with Gasteiger partial charge in [-0.15, -0.1) is 0 Å². The molecule has 0 fully saturated rings. The fraction of sp³-hybridized carbons (Fsp3) is 0.875. The van der Waals surface area contributed by atoms with Gasteiger partial charge in [-0.2, -0.15) is 9.78 Å². The minimum absolute atomic E-state index is 0.239. The normalized spacial score (nSPS) is 12.3. The lowest BCUT2D eigenvalue weighted by atomic mass is 10.0. The average molecular weight is 350 g/mol. The highest BCUT2D eigenvalue weighted by Crippen LogP contribution is 2.16. The second-order valence-corrected chi connectivity index (χ2v) is 7.38. The lowest BCUT2D eigenvalue weighted by Crippen LogP contribution is -2.30. The first-order valence-corrected chi connectivity index (χ1v) is 8.08. The van der Waals surface area contributed by atoms with Gasteiger partial charge in [0.25, 0.3) is 0 Å². The number of hydrogen-bond donors (Lipinski definition) is 0. The molecule has 0 saturated carbocycles. The molecule has 24 heavy (non-hydrogen) atoms. The van der Waals surface area contributed by atoms with Gasteiger partial charge in [-0.1, -0.05) is 26.2 Å². The maximum absolute atomic E-state index is 12.0. The molecule has 0 aromatic carbocycles. The summed E-state index contributed by atoms with van der Waals surface area (Å²) in [5.74, 6) is -3.02. The van der Waals surface area contributed by atoms with Crippen LogP contribution in [0.4, 0.5) is 0 Å². The van der Waals surface area contributed by atoms with Crippen molar-refractivity contribution in [3.05, 3.63) is 0 Å². The molecule has 0 aliphatic heterocycles. The molecule has 0 saturated heterocycles. The second kappa shape index (κ2) is 10.6. The van der Waals surface area contributed by atoms with E-state index in [1.54, 1.807) is 41.5 Å². The summed E-state index contributed by atoms with van der Waals surface area (Å²) in [5.41, 5.74) is -1.33. The molecule has 0 aromatic rings. The molecule has 0 heterocycles. The molecule has 0 N–H and O–H groups in total. The zero-order valence-electron chi connectivity index (χ0n) is 15.7. The standard InChI is InChI=1S/C16H30O8/c1-8-9-10-11-12(13(17)19-23-21-15(2,3)4)14(18)20-24-22-16(5,6)7/h12H,8-11H2,1-7H3. The Kier molecular flexibility index (Phi) is 10.1. The quantitative estimate of drug-likeness (QED) is 0.255. The Balaban J connectivity index is 4.53. The highest BCUT2D eigenvalue weighted by molar-refractivity contribution is 5.94. The van der Waals surface area contributed by atoms with Gasteiger partial charge in [0, 0.05) is 0 Å². The zero-order chi connectivity index (χ0) is 18.8. The van der Waals surface area contributed by atoms with Gasteiger partial charge in [0.15, 0.2) is 5.92 Å². The number of carbonyl (C=O) groups excluding carboxylic acids is 2. The molecule has 0 amide bonds. The lowest BCUT2D eigenvalue weighted by Gasteiger charge is -2.18. The first-order valence-electron chi connectivity index (χ1n) is 8.08. The molecular weight excluding hydrogens is 320 g/mol. The average Bonchev–Trinajstić information content (AvgIpc) is 2.40. The lowest BCUT2D eigenvalue weighted by molar-refractivity contribution is -0.519. The number of unbranched alkanes of at least 4 members (excludes halogenated alkanes) is 2. The van der Waals surface area contributed by atoms with Crippen molar-refractivity contribution in [2.75, 3.05) is 0 Å². The number of hydrogen-bond acceptors (Lipinski definition) is 8. The van der Waals surface area contributed by atoms with Crippen LogP contribution in [0.15, 0.2) is 0 Å². The first kappa shape index (κ1) is 22.8. The van der Waals surface area contributed by atoms with Crippen LogP contribution in [-0.4, -0.2) is 23.1 Å². The van der Waals surface area contributed by atoms with Gasteiger partial charge in [0.05, 0.1) is 11.2 Å². The van der Waals surface area contributed by atoms with Crippen LogP contribution in [-0.2, 0) is 39.2 Å². The van der Waals surface area contributed by atoms with E-state index in [9.17, 15) is 9.59 Å². The van der Waals surface area contributed by atoms with Gasteiger partial charge in [0.2, 0.25) is 0 Å². The molecule has 0 rings (SSSR count). The summed E-state index contributed by atoms with van der Waals surface area (Å²) in [6.45, 7) is 12.3. The molecule has 8 nitrogen and oxygen atoms in total. The molecule has 0 spiro atoms. The molecule has 0 bridgehead atoms. The minimum atomic E-state index is -1.19. The Bertz CT molecular complexity index is 349. The molecular formula is C16H30O8. The van der Waals surface area contributed by atoms with Crippen molar-refractivity contribution in [2.24, 2.45) is 5.92 Å². The molecule has 0 aromatic heterocycles. The summed E-state index contributed by atoms with van der Waals surface area (Å²) in [5, 5.41) is 8.85. The van der Waals surface area contributed by atoms with E-state index in [1.165, 1.54) is 0 Å². The van der Waals surface area contributed by atoms with Crippen molar-refractivity contribution >= 4 is 11.9 Å². The molecule has 0 unspecified atom stereocenters. The Morgan fingerprint density at radius 1 is 0.792 bits per heavy atom. The van der Waals surface area contributed by atoms with Crippen LogP contribution in [0.1, 0.15) is 74.1 Å². The van der Waals surface area contributed by atoms with E-state index in [4.69, 9.17) is 9.78 Å². The van der Waals surface area contributed by atoms with Crippen molar-refractivity contribution < 1.29 is 39.2 Å². The van der Waals surface area contributed by atoms with Gasteiger partial charge in [0.1, 0.15) is 0 Å². The van der Waals surface area contributed by atoms with E-state index in [0.717, 1.165) is 12.8 Å². The second-order valence-electron chi connectivity index (χ2n) is 7.38. The van der Waals surface area contributed by atoms with Gasteiger partial charge in [-0.25, -0.2) is 9.59 Å². The van der Waals surface area contributed by atoms with Crippen LogP contribution in [0.2, 0.25) is 0 Å². The van der Waals surface area contributed by atoms with Crippen LogP contribution in [0.25, 0.3) is 0 Å². The molecule has 142 valence electrons. The van der Waals surface area contributed by atoms with Crippen LogP contribution in [0.3, 0.4) is 0 Å². The summed E-state index contributed by atoms with van der Waals surface area (Å²) < 4.78 is 0. The largest absolute Gasteiger partial charge is 0.359 e. The SMILES string of the molecule is CCCCCC(C(=O)OOOC(C)(C)C)C(=O)OOOC(C)(C)C. The van der Waals surface area contributed by atoms with E-state index in [0.29, 0.717) is 6.42 Å². The van der Waals surface area contributed by atoms with Crippen molar-refractivity contribution in [3.63, 3.8) is 0 Å². The monoisotopic (exact) mass is 350 g/mol. The van der Waals surface area contributed by atoms with Crippen LogP contribution in [0.5, 0.6) is 0 Å². The van der Waals surface area contributed by atoms with Gasteiger partial charge < -0.3 is 0 Å². The van der Waals surface area contributed by atoms with Gasteiger partial charge >= 0.3 is 11.9 Å². The minimum Gasteiger partial charge on any atom is -0.268 e. The maximum Gasteiger partial charge on any atom is 0.359 e. The Morgan fingerprint density at radius 2 is 1.21 bits per heavy atom. The summed E-state index contributed by atoms with van der Waals surface area (Å²) in [4.78, 5) is 42.7. The molecule has 0 aliphatic rings. The topological polar surface area (TPSA) is 89.5 Å². The predicted octanol–water partition coefficient (Wildman–Crippen LogP) is 3.59. The third kappa shape index (κ3) is 12.2. The van der Waals surface area contributed by atoms with E-state index in [-0.39, 0.29) is 6.42 Å². The van der Waals surface area contributed by atoms with Crippen LogP contribution < -0.4 is 0 Å². The third-order valence-electron chi connectivity index (χ3n) is 2.47. The Hall–Kier alpha value is -1.22. The van der Waals surface area contributed by atoms with Crippen molar-refractivity contribution in [2.45, 2.75) is 85.4 Å². The third-order valence-corrected chi connectivity index (χ3v) is 2.47. The smallest absolute Gasteiger partial charge is 0.268 e. The van der Waals surface area contributed by atoms with Crippen molar-refractivity contribution in [3.8, 4) is 0 Å². The van der Waals surface area contributed by atoms with Crippen LogP contribution >= 0.6 is 0 Å². The molecule has 8 heteroatoms. The fourth-order valence-corrected chi connectivity index (χ4v) is 1.35. The molecule has 0 radical (unpaired) electrons. The maximum atomic E-state index is 12.0. The first-order chi connectivity index (χ1) is 11.0. The summed E-state index contributed by atoms with van der Waals surface area (Å²) >= 11 is 0. The zero-order valence-corrected chi connectivity index (χ0v) is 15.7. The van der Waals surface area contributed by atoms with E-state index in [1.807, 2.05) is 6.92 Å². The van der Waals surface area contributed by atoms with Crippen molar-refractivity contribution in [1.82, 2.24) is 0 Å². The summed E-state index contributed by atoms with van der Waals surface area (Å²) in [7, 11) is 0. The van der Waals surface area contributed by atoms with E-state index < -0.39 is 29.1 Å². The number of rotatable bonds is 10. The van der Waals surface area contributed by atoms with Gasteiger partial charge in [-0.05, 0) is 58.0 Å². The van der Waals surface area contributed by atoms with Gasteiger partial charge in [-0.3, -0.25) is 9.78 Å². The Morgan fingerprint density at radius 3 is 1.54 bits per heavy atom. The van der Waals surface area contributed by atoms with Crippen LogP contribution in [0, 0.1) is 5.92 Å². The fourth-order valence-electron chi connectivity index (χ4n) is 1.35. The molecule has 0 atom stereocenters. The Labute approximate surface area is 143 Å². The highest BCUT2D eigenvalue weighted by atomic mass is 17.5. The van der Waals surface area contributed by atoms with Crippen molar-refractivity contribution in [1.29, 1.82) is 0 Å².